The molecule has 0 radical (unpaired) electrons. The van der Waals surface area contributed by atoms with Gasteiger partial charge in [-0.05, 0) is 18.6 Å². The van der Waals surface area contributed by atoms with Crippen molar-refractivity contribution in [1.29, 1.82) is 0 Å². The molecule has 3 nitrogen and oxygen atoms in total. The molecular weight excluding hydrogens is 226 g/mol. The van der Waals surface area contributed by atoms with Crippen molar-refractivity contribution >= 4 is 23.3 Å². The zero-order valence-electron chi connectivity index (χ0n) is 9.32. The Balaban J connectivity index is 2.76. The SMILES string of the molecule is CCCN(CCC(=O)O)c1ccccc1Cl. The standard InChI is InChI=1S/C12H16ClNO2/c1-2-8-14(9-7-12(15)16)11-6-4-3-5-10(11)13/h3-6H,2,7-9H2,1H3,(H,15,16). The number of rotatable bonds is 6. The number of carbonyl (C=O) groups is 1. The van der Waals surface area contributed by atoms with Gasteiger partial charge >= 0.3 is 5.97 Å². The molecule has 1 N–H and O–H groups in total. The lowest BCUT2D eigenvalue weighted by molar-refractivity contribution is -0.136. The van der Waals surface area contributed by atoms with Crippen LogP contribution in [0.25, 0.3) is 0 Å². The van der Waals surface area contributed by atoms with E-state index in [0.29, 0.717) is 11.6 Å². The molecule has 4 heteroatoms. The Kier molecular flexibility index (Phi) is 5.12. The third-order valence-electron chi connectivity index (χ3n) is 2.28. The van der Waals surface area contributed by atoms with E-state index in [1.807, 2.05) is 29.2 Å². The smallest absolute Gasteiger partial charge is 0.305 e. The molecule has 0 aromatic heterocycles. The minimum absolute atomic E-state index is 0.130. The number of halogens is 1. The molecule has 0 bridgehead atoms. The van der Waals surface area contributed by atoms with Crippen LogP contribution < -0.4 is 4.90 Å². The number of carboxylic acids is 1. The summed E-state index contributed by atoms with van der Waals surface area (Å²) in [4.78, 5) is 12.6. The van der Waals surface area contributed by atoms with Gasteiger partial charge in [0.2, 0.25) is 0 Å². The van der Waals surface area contributed by atoms with Crippen LogP contribution >= 0.6 is 11.6 Å². The number of aliphatic carboxylic acids is 1. The van der Waals surface area contributed by atoms with Gasteiger partial charge in [0.25, 0.3) is 0 Å². The van der Waals surface area contributed by atoms with Crippen molar-refractivity contribution in [3.05, 3.63) is 29.3 Å². The van der Waals surface area contributed by atoms with E-state index in [2.05, 4.69) is 6.92 Å². The van der Waals surface area contributed by atoms with Crippen molar-refractivity contribution in [3.63, 3.8) is 0 Å². The maximum absolute atomic E-state index is 10.6. The van der Waals surface area contributed by atoms with Crippen molar-refractivity contribution < 1.29 is 9.90 Å². The van der Waals surface area contributed by atoms with Crippen molar-refractivity contribution in [2.45, 2.75) is 19.8 Å². The second-order valence-electron chi connectivity index (χ2n) is 3.58. The number of carboxylic acid groups (broad SMARTS) is 1. The Labute approximate surface area is 101 Å². The molecule has 0 aliphatic heterocycles. The predicted octanol–water partition coefficient (Wildman–Crippen LogP) is 3.03. The normalized spacial score (nSPS) is 10.1. The van der Waals surface area contributed by atoms with Crippen molar-refractivity contribution in [1.82, 2.24) is 0 Å². The second-order valence-corrected chi connectivity index (χ2v) is 3.99. The highest BCUT2D eigenvalue weighted by atomic mass is 35.5. The highest BCUT2D eigenvalue weighted by molar-refractivity contribution is 6.33. The molecule has 0 saturated heterocycles. The Hall–Kier alpha value is -1.22. The average Bonchev–Trinajstić information content (AvgIpc) is 2.25. The maximum atomic E-state index is 10.6. The predicted molar refractivity (Wildman–Crippen MR) is 66.2 cm³/mol. The fourth-order valence-electron chi connectivity index (χ4n) is 1.56. The van der Waals surface area contributed by atoms with E-state index in [9.17, 15) is 4.79 Å². The molecule has 0 aliphatic carbocycles. The van der Waals surface area contributed by atoms with E-state index in [4.69, 9.17) is 16.7 Å². The number of para-hydroxylation sites is 1. The Bertz CT molecular complexity index is 355. The molecule has 88 valence electrons. The number of benzene rings is 1. The molecule has 1 aromatic rings. The summed E-state index contributed by atoms with van der Waals surface area (Å²) in [5.41, 5.74) is 0.910. The molecular formula is C12H16ClNO2. The molecule has 0 spiro atoms. The minimum atomic E-state index is -0.784. The largest absolute Gasteiger partial charge is 0.481 e. The molecule has 0 unspecified atom stereocenters. The van der Waals surface area contributed by atoms with Crippen LogP contribution in [-0.4, -0.2) is 24.2 Å². The Morgan fingerprint density at radius 3 is 2.62 bits per heavy atom. The third-order valence-corrected chi connectivity index (χ3v) is 2.60. The summed E-state index contributed by atoms with van der Waals surface area (Å²) < 4.78 is 0. The molecule has 1 aromatic carbocycles. The molecule has 0 saturated carbocycles. The molecule has 16 heavy (non-hydrogen) atoms. The van der Waals surface area contributed by atoms with Crippen LogP contribution in [-0.2, 0) is 4.79 Å². The van der Waals surface area contributed by atoms with Crippen LogP contribution in [0.15, 0.2) is 24.3 Å². The Morgan fingerprint density at radius 2 is 2.06 bits per heavy atom. The lowest BCUT2D eigenvalue weighted by Crippen LogP contribution is -2.27. The van der Waals surface area contributed by atoms with Crippen molar-refractivity contribution in [2.75, 3.05) is 18.0 Å². The van der Waals surface area contributed by atoms with Crippen LogP contribution in [0.4, 0.5) is 5.69 Å². The third kappa shape index (κ3) is 3.74. The van der Waals surface area contributed by atoms with Gasteiger partial charge in [-0.2, -0.15) is 0 Å². The highest BCUT2D eigenvalue weighted by Gasteiger charge is 2.10. The van der Waals surface area contributed by atoms with E-state index in [-0.39, 0.29) is 6.42 Å². The van der Waals surface area contributed by atoms with Gasteiger partial charge in [0, 0.05) is 13.1 Å². The summed E-state index contributed by atoms with van der Waals surface area (Å²) in [6.45, 7) is 3.37. The van der Waals surface area contributed by atoms with Gasteiger partial charge in [-0.3, -0.25) is 4.79 Å². The fraction of sp³-hybridized carbons (Fsp3) is 0.417. The zero-order valence-corrected chi connectivity index (χ0v) is 10.1. The first-order chi connectivity index (χ1) is 7.65. The van der Waals surface area contributed by atoms with Gasteiger partial charge < -0.3 is 10.0 Å². The number of anilines is 1. The van der Waals surface area contributed by atoms with Crippen LogP contribution in [0, 0.1) is 0 Å². The summed E-state index contributed by atoms with van der Waals surface area (Å²) in [6.07, 6.45) is 1.09. The van der Waals surface area contributed by atoms with Gasteiger partial charge in [-0.1, -0.05) is 30.7 Å². The van der Waals surface area contributed by atoms with Gasteiger partial charge in [0.1, 0.15) is 0 Å². The molecule has 1 rings (SSSR count). The first kappa shape index (κ1) is 12.8. The van der Waals surface area contributed by atoms with E-state index in [0.717, 1.165) is 18.7 Å². The van der Waals surface area contributed by atoms with Crippen LogP contribution in [0.5, 0.6) is 0 Å². The topological polar surface area (TPSA) is 40.5 Å². The van der Waals surface area contributed by atoms with E-state index in [1.165, 1.54) is 0 Å². The van der Waals surface area contributed by atoms with Crippen LogP contribution in [0.2, 0.25) is 5.02 Å². The van der Waals surface area contributed by atoms with Gasteiger partial charge in [0.15, 0.2) is 0 Å². The van der Waals surface area contributed by atoms with Crippen molar-refractivity contribution in [2.24, 2.45) is 0 Å². The molecule has 0 aliphatic rings. The first-order valence-electron chi connectivity index (χ1n) is 5.36. The number of hydrogen-bond donors (Lipinski definition) is 1. The maximum Gasteiger partial charge on any atom is 0.305 e. The second kappa shape index (κ2) is 6.38. The highest BCUT2D eigenvalue weighted by Crippen LogP contribution is 2.25. The monoisotopic (exact) mass is 241 g/mol. The number of nitrogens with zero attached hydrogens (tertiary/aromatic N) is 1. The fourth-order valence-corrected chi connectivity index (χ4v) is 1.82. The zero-order chi connectivity index (χ0) is 12.0. The van der Waals surface area contributed by atoms with Gasteiger partial charge in [-0.15, -0.1) is 0 Å². The lowest BCUT2D eigenvalue weighted by atomic mass is 10.2. The van der Waals surface area contributed by atoms with E-state index in [1.54, 1.807) is 0 Å². The minimum Gasteiger partial charge on any atom is -0.481 e. The summed E-state index contributed by atoms with van der Waals surface area (Å²) in [6, 6.07) is 7.51. The lowest BCUT2D eigenvalue weighted by Gasteiger charge is -2.24. The molecule has 0 fully saturated rings. The quantitative estimate of drug-likeness (QED) is 0.832. The molecule has 0 atom stereocenters. The first-order valence-corrected chi connectivity index (χ1v) is 5.74. The van der Waals surface area contributed by atoms with Crippen LogP contribution in [0.1, 0.15) is 19.8 Å². The van der Waals surface area contributed by atoms with Crippen LogP contribution in [0.3, 0.4) is 0 Å². The number of hydrogen-bond acceptors (Lipinski definition) is 2. The summed E-state index contributed by atoms with van der Waals surface area (Å²) in [5, 5.41) is 9.36. The molecule has 0 amide bonds. The summed E-state index contributed by atoms with van der Waals surface area (Å²) in [5.74, 6) is -0.784. The van der Waals surface area contributed by atoms with E-state index < -0.39 is 5.97 Å². The summed E-state index contributed by atoms with van der Waals surface area (Å²) >= 11 is 6.08. The summed E-state index contributed by atoms with van der Waals surface area (Å²) in [7, 11) is 0. The molecule has 0 heterocycles. The van der Waals surface area contributed by atoms with E-state index >= 15 is 0 Å². The van der Waals surface area contributed by atoms with Gasteiger partial charge in [-0.25, -0.2) is 0 Å². The average molecular weight is 242 g/mol. The Morgan fingerprint density at radius 1 is 1.38 bits per heavy atom. The van der Waals surface area contributed by atoms with Crippen molar-refractivity contribution in [3.8, 4) is 0 Å². The van der Waals surface area contributed by atoms with Gasteiger partial charge in [0.05, 0.1) is 17.1 Å².